The molecule has 2 aliphatic rings. The van der Waals surface area contributed by atoms with Crippen LogP contribution in [0.4, 0.5) is 13.2 Å². The van der Waals surface area contributed by atoms with E-state index in [1.54, 1.807) is 0 Å². The van der Waals surface area contributed by atoms with Gasteiger partial charge in [-0.05, 0) is 31.4 Å². The lowest BCUT2D eigenvalue weighted by molar-refractivity contribution is -0.137. The third-order valence-corrected chi connectivity index (χ3v) is 3.89. The van der Waals surface area contributed by atoms with E-state index in [1.165, 1.54) is 12.1 Å². The van der Waals surface area contributed by atoms with Gasteiger partial charge in [0.25, 0.3) is 0 Å². The molecule has 1 aromatic rings. The number of benzene rings is 1. The van der Waals surface area contributed by atoms with Gasteiger partial charge in [0, 0.05) is 5.56 Å². The van der Waals surface area contributed by atoms with Crippen LogP contribution in [0.25, 0.3) is 0 Å². The van der Waals surface area contributed by atoms with Gasteiger partial charge in [0.15, 0.2) is 0 Å². The average Bonchev–Trinajstić information content (AvgIpc) is 2.80. The van der Waals surface area contributed by atoms with Gasteiger partial charge >= 0.3 is 6.18 Å². The molecule has 3 rings (SSSR count). The van der Waals surface area contributed by atoms with E-state index in [-0.39, 0.29) is 18.2 Å². The highest BCUT2D eigenvalue weighted by Gasteiger charge is 2.35. The van der Waals surface area contributed by atoms with Crippen molar-refractivity contribution in [2.75, 3.05) is 0 Å². The van der Waals surface area contributed by atoms with Crippen LogP contribution in [0.1, 0.15) is 30.4 Å². The Labute approximate surface area is 114 Å². The van der Waals surface area contributed by atoms with Crippen molar-refractivity contribution in [2.24, 2.45) is 4.99 Å². The fourth-order valence-corrected chi connectivity index (χ4v) is 2.80. The monoisotopic (exact) mass is 284 g/mol. The van der Waals surface area contributed by atoms with Crippen molar-refractivity contribution in [2.45, 2.75) is 43.6 Å². The summed E-state index contributed by atoms with van der Waals surface area (Å²) < 4.78 is 37.5. The van der Waals surface area contributed by atoms with Crippen LogP contribution in [0.2, 0.25) is 0 Å². The molecule has 1 heterocycles. The van der Waals surface area contributed by atoms with Crippen LogP contribution in [0.3, 0.4) is 0 Å². The maximum atomic E-state index is 12.5. The molecule has 108 valence electrons. The smallest absolute Gasteiger partial charge is 0.393 e. The molecule has 0 aromatic heterocycles. The minimum absolute atomic E-state index is 0.0936. The summed E-state index contributed by atoms with van der Waals surface area (Å²) in [5.74, 6) is 0.628. The van der Waals surface area contributed by atoms with Gasteiger partial charge in [-0.15, -0.1) is 0 Å². The molecule has 20 heavy (non-hydrogen) atoms. The molecule has 3 nitrogen and oxygen atoms in total. The van der Waals surface area contributed by atoms with Gasteiger partial charge in [-0.25, -0.2) is 0 Å². The van der Waals surface area contributed by atoms with Crippen LogP contribution in [-0.2, 0) is 6.18 Å². The number of aliphatic hydroxyl groups is 1. The molecule has 6 heteroatoms. The summed E-state index contributed by atoms with van der Waals surface area (Å²) in [6, 6.07) is 5.21. The first-order valence-electron chi connectivity index (χ1n) is 6.63. The van der Waals surface area contributed by atoms with Crippen molar-refractivity contribution in [3.63, 3.8) is 0 Å². The summed E-state index contributed by atoms with van der Waals surface area (Å²) >= 11 is 0. The number of nitrogens with zero attached hydrogens (tertiary/aromatic N) is 1. The predicted octanol–water partition coefficient (Wildman–Crippen LogP) is 2.34. The Bertz CT molecular complexity index is 524. The van der Waals surface area contributed by atoms with Crippen molar-refractivity contribution in [3.05, 3.63) is 35.4 Å². The van der Waals surface area contributed by atoms with E-state index in [9.17, 15) is 18.3 Å². The third-order valence-electron chi connectivity index (χ3n) is 3.89. The number of hydrogen-bond acceptors (Lipinski definition) is 3. The molecular weight excluding hydrogens is 269 g/mol. The maximum Gasteiger partial charge on any atom is 0.416 e. The second kappa shape index (κ2) is 4.77. The molecule has 2 N–H and O–H groups in total. The van der Waals surface area contributed by atoms with E-state index in [0.717, 1.165) is 25.0 Å². The Balaban J connectivity index is 1.77. The quantitative estimate of drug-likeness (QED) is 0.831. The highest BCUT2D eigenvalue weighted by atomic mass is 19.4. The normalized spacial score (nSPS) is 29.6. The van der Waals surface area contributed by atoms with Gasteiger partial charge in [-0.3, -0.25) is 4.99 Å². The molecule has 0 amide bonds. The summed E-state index contributed by atoms with van der Waals surface area (Å²) in [6.45, 7) is 0. The number of alkyl halides is 3. The van der Waals surface area contributed by atoms with Gasteiger partial charge in [0.2, 0.25) is 0 Å². The summed E-state index contributed by atoms with van der Waals surface area (Å²) in [7, 11) is 0. The molecule has 1 aliphatic carbocycles. The van der Waals surface area contributed by atoms with Crippen LogP contribution < -0.4 is 5.32 Å². The molecule has 3 unspecified atom stereocenters. The number of halogens is 3. The van der Waals surface area contributed by atoms with Crippen LogP contribution in [0.5, 0.6) is 0 Å². The van der Waals surface area contributed by atoms with Crippen molar-refractivity contribution >= 4 is 5.84 Å². The van der Waals surface area contributed by atoms with Crippen LogP contribution in [-0.4, -0.2) is 29.1 Å². The van der Waals surface area contributed by atoms with Crippen LogP contribution >= 0.6 is 0 Å². The van der Waals surface area contributed by atoms with Crippen molar-refractivity contribution in [3.8, 4) is 0 Å². The highest BCUT2D eigenvalue weighted by molar-refractivity contribution is 6.00. The summed E-state index contributed by atoms with van der Waals surface area (Å²) in [4.78, 5) is 4.52. The van der Waals surface area contributed by atoms with E-state index >= 15 is 0 Å². The number of fused-ring (bicyclic) bond motifs is 1. The molecular formula is C14H15F3N2O. The number of rotatable bonds is 1. The molecule has 0 spiro atoms. The number of nitrogens with one attached hydrogen (secondary N) is 1. The Morgan fingerprint density at radius 3 is 2.50 bits per heavy atom. The first kappa shape index (κ1) is 13.4. The summed E-state index contributed by atoms with van der Waals surface area (Å²) in [5, 5.41) is 12.8. The van der Waals surface area contributed by atoms with Crippen molar-refractivity contribution < 1.29 is 18.3 Å². The van der Waals surface area contributed by atoms with Crippen molar-refractivity contribution in [1.29, 1.82) is 0 Å². The number of aliphatic imine (C=N–C) groups is 1. The largest absolute Gasteiger partial charge is 0.416 e. The van der Waals surface area contributed by atoms with E-state index in [4.69, 9.17) is 0 Å². The van der Waals surface area contributed by atoms with E-state index in [1.807, 2.05) is 0 Å². The molecule has 1 aromatic carbocycles. The van der Waals surface area contributed by atoms with E-state index < -0.39 is 11.7 Å². The third kappa shape index (κ3) is 2.52. The Morgan fingerprint density at radius 2 is 1.85 bits per heavy atom. The SMILES string of the molecule is OC1CCC2N=C(c3ccc(C(F)(F)F)cc3)NC2C1. The van der Waals surface area contributed by atoms with Crippen molar-refractivity contribution in [1.82, 2.24) is 5.32 Å². The Kier molecular flexibility index (Phi) is 3.20. The number of amidine groups is 1. The summed E-state index contributed by atoms with van der Waals surface area (Å²) in [5.41, 5.74) is -0.00502. The molecule has 3 atom stereocenters. The second-order valence-corrected chi connectivity index (χ2v) is 5.34. The van der Waals surface area contributed by atoms with Gasteiger partial charge in [0.05, 0.1) is 23.8 Å². The van der Waals surface area contributed by atoms with E-state index in [2.05, 4.69) is 10.3 Å². The molecule has 1 fully saturated rings. The molecule has 1 saturated carbocycles. The van der Waals surface area contributed by atoms with Gasteiger partial charge in [-0.1, -0.05) is 12.1 Å². The lowest BCUT2D eigenvalue weighted by Crippen LogP contribution is -2.41. The molecule has 1 aliphatic heterocycles. The van der Waals surface area contributed by atoms with Gasteiger partial charge < -0.3 is 10.4 Å². The average molecular weight is 284 g/mol. The standard InChI is InChI=1S/C14H15F3N2O/c15-14(16,17)9-3-1-8(2-4-9)13-18-11-6-5-10(20)7-12(11)19-13/h1-4,10-12,20H,5-7H2,(H,18,19). The first-order chi connectivity index (χ1) is 9.43. The lowest BCUT2D eigenvalue weighted by atomic mass is 9.90. The fraction of sp³-hybridized carbons (Fsp3) is 0.500. The Hall–Kier alpha value is -1.56. The maximum absolute atomic E-state index is 12.5. The lowest BCUT2D eigenvalue weighted by Gasteiger charge is -2.27. The van der Waals surface area contributed by atoms with Crippen LogP contribution in [0.15, 0.2) is 29.3 Å². The number of aliphatic hydroxyl groups excluding tert-OH is 1. The van der Waals surface area contributed by atoms with Gasteiger partial charge in [-0.2, -0.15) is 13.2 Å². The fourth-order valence-electron chi connectivity index (χ4n) is 2.80. The zero-order valence-electron chi connectivity index (χ0n) is 10.7. The first-order valence-corrected chi connectivity index (χ1v) is 6.63. The Morgan fingerprint density at radius 1 is 1.15 bits per heavy atom. The molecule has 0 radical (unpaired) electrons. The summed E-state index contributed by atoms with van der Waals surface area (Å²) in [6.07, 6.45) is -2.46. The highest BCUT2D eigenvalue weighted by Crippen LogP contribution is 2.30. The van der Waals surface area contributed by atoms with Gasteiger partial charge in [0.1, 0.15) is 5.84 Å². The molecule has 0 bridgehead atoms. The zero-order chi connectivity index (χ0) is 14.3. The zero-order valence-corrected chi connectivity index (χ0v) is 10.7. The topological polar surface area (TPSA) is 44.6 Å². The van der Waals surface area contributed by atoms with Crippen LogP contribution in [0, 0.1) is 0 Å². The minimum atomic E-state index is -4.32. The van der Waals surface area contributed by atoms with E-state index in [0.29, 0.717) is 17.8 Å². The minimum Gasteiger partial charge on any atom is -0.393 e. The number of hydrogen-bond donors (Lipinski definition) is 2. The predicted molar refractivity (Wildman–Crippen MR) is 68.6 cm³/mol. The molecule has 0 saturated heterocycles. The second-order valence-electron chi connectivity index (χ2n) is 5.34.